The minimum Gasteiger partial charge on any atom is -0.495 e. The van der Waals surface area contributed by atoms with Crippen molar-refractivity contribution < 1.29 is 9.47 Å². The van der Waals surface area contributed by atoms with Crippen LogP contribution in [-0.4, -0.2) is 25.1 Å². The molecular weight excluding hydrogens is 160 g/mol. The molecule has 0 spiro atoms. The molecular formula is C8H14O2S. The highest BCUT2D eigenvalue weighted by molar-refractivity contribution is 8.02. The van der Waals surface area contributed by atoms with Crippen LogP contribution in [0.1, 0.15) is 13.8 Å². The first kappa shape index (κ1) is 8.94. The van der Waals surface area contributed by atoms with E-state index in [2.05, 4.69) is 0 Å². The first-order valence-corrected chi connectivity index (χ1v) is 4.99. The third kappa shape index (κ3) is 2.42. The standard InChI is InChI=1S/C8H14O2S/c1-3-9-7-5-11-6-8(7)10-4-2/h5,8H,3-4,6H2,1-2H3. The summed E-state index contributed by atoms with van der Waals surface area (Å²) in [5.41, 5.74) is 0. The van der Waals surface area contributed by atoms with Gasteiger partial charge in [-0.25, -0.2) is 0 Å². The van der Waals surface area contributed by atoms with Crippen LogP contribution >= 0.6 is 11.8 Å². The van der Waals surface area contributed by atoms with E-state index in [1.54, 1.807) is 11.8 Å². The van der Waals surface area contributed by atoms with E-state index in [0.29, 0.717) is 0 Å². The van der Waals surface area contributed by atoms with Crippen molar-refractivity contribution in [3.05, 3.63) is 11.2 Å². The van der Waals surface area contributed by atoms with E-state index in [-0.39, 0.29) is 6.10 Å². The van der Waals surface area contributed by atoms with Gasteiger partial charge in [-0.15, -0.1) is 11.8 Å². The molecule has 0 bridgehead atoms. The molecule has 0 aliphatic carbocycles. The lowest BCUT2D eigenvalue weighted by Gasteiger charge is -2.13. The fraction of sp³-hybridized carbons (Fsp3) is 0.750. The molecule has 0 saturated carbocycles. The average molecular weight is 174 g/mol. The minimum absolute atomic E-state index is 0.199. The number of rotatable bonds is 4. The Morgan fingerprint density at radius 1 is 1.55 bits per heavy atom. The van der Waals surface area contributed by atoms with E-state index in [4.69, 9.17) is 9.47 Å². The van der Waals surface area contributed by atoms with Crippen molar-refractivity contribution in [2.45, 2.75) is 20.0 Å². The molecule has 0 saturated heterocycles. The second-order valence-corrected chi connectivity index (χ2v) is 3.13. The van der Waals surface area contributed by atoms with Crippen LogP contribution in [0.15, 0.2) is 11.2 Å². The van der Waals surface area contributed by atoms with E-state index >= 15 is 0 Å². The Balaban J connectivity index is 2.35. The van der Waals surface area contributed by atoms with Crippen molar-refractivity contribution in [1.82, 2.24) is 0 Å². The number of ether oxygens (including phenoxy) is 2. The number of hydrogen-bond donors (Lipinski definition) is 0. The fourth-order valence-corrected chi connectivity index (χ4v) is 1.92. The Kier molecular flexibility index (Phi) is 3.80. The maximum atomic E-state index is 5.45. The van der Waals surface area contributed by atoms with E-state index in [0.717, 1.165) is 24.7 Å². The second kappa shape index (κ2) is 4.67. The van der Waals surface area contributed by atoms with Crippen LogP contribution < -0.4 is 0 Å². The van der Waals surface area contributed by atoms with Gasteiger partial charge in [-0.05, 0) is 13.8 Å². The molecule has 0 N–H and O–H groups in total. The highest BCUT2D eigenvalue weighted by Gasteiger charge is 2.20. The molecule has 1 rings (SSSR count). The van der Waals surface area contributed by atoms with Crippen LogP contribution in [0.4, 0.5) is 0 Å². The largest absolute Gasteiger partial charge is 0.495 e. The van der Waals surface area contributed by atoms with Crippen molar-refractivity contribution >= 4 is 11.8 Å². The average Bonchev–Trinajstić information content (AvgIpc) is 2.39. The third-order valence-corrected chi connectivity index (χ3v) is 2.34. The van der Waals surface area contributed by atoms with Crippen LogP contribution in [0.2, 0.25) is 0 Å². The summed E-state index contributed by atoms with van der Waals surface area (Å²) < 4.78 is 10.8. The summed E-state index contributed by atoms with van der Waals surface area (Å²) in [4.78, 5) is 0. The lowest BCUT2D eigenvalue weighted by atomic mass is 10.3. The van der Waals surface area contributed by atoms with Crippen molar-refractivity contribution in [2.24, 2.45) is 0 Å². The second-order valence-electron chi connectivity index (χ2n) is 2.23. The topological polar surface area (TPSA) is 18.5 Å². The van der Waals surface area contributed by atoms with E-state index < -0.39 is 0 Å². The van der Waals surface area contributed by atoms with Gasteiger partial charge in [-0.1, -0.05) is 0 Å². The summed E-state index contributed by atoms with van der Waals surface area (Å²) in [7, 11) is 0. The summed E-state index contributed by atoms with van der Waals surface area (Å²) >= 11 is 1.76. The third-order valence-electron chi connectivity index (χ3n) is 1.44. The molecule has 1 atom stereocenters. The molecule has 1 heterocycles. The SMILES string of the molecule is CCOC1=CSCC1OCC. The molecule has 1 unspecified atom stereocenters. The molecule has 1 aliphatic heterocycles. The summed E-state index contributed by atoms with van der Waals surface area (Å²) in [6, 6.07) is 0. The molecule has 0 radical (unpaired) electrons. The first-order valence-electron chi connectivity index (χ1n) is 3.94. The zero-order valence-corrected chi connectivity index (χ0v) is 7.82. The van der Waals surface area contributed by atoms with Crippen LogP contribution in [0, 0.1) is 0 Å². The predicted octanol–water partition coefficient (Wildman–Crippen LogP) is 2.02. The van der Waals surface area contributed by atoms with Crippen LogP contribution in [0.5, 0.6) is 0 Å². The number of thioether (sulfide) groups is 1. The number of hydrogen-bond acceptors (Lipinski definition) is 3. The molecule has 0 aromatic heterocycles. The van der Waals surface area contributed by atoms with Gasteiger partial charge in [0.15, 0.2) is 0 Å². The Labute approximate surface area is 71.9 Å². The van der Waals surface area contributed by atoms with Crippen molar-refractivity contribution in [3.8, 4) is 0 Å². The van der Waals surface area contributed by atoms with Crippen LogP contribution in [-0.2, 0) is 9.47 Å². The zero-order valence-electron chi connectivity index (χ0n) is 7.00. The first-order chi connectivity index (χ1) is 5.38. The summed E-state index contributed by atoms with van der Waals surface area (Å²) in [6.45, 7) is 5.49. The van der Waals surface area contributed by atoms with Gasteiger partial charge in [0, 0.05) is 17.8 Å². The molecule has 11 heavy (non-hydrogen) atoms. The summed E-state index contributed by atoms with van der Waals surface area (Å²) in [5, 5.41) is 2.05. The Morgan fingerprint density at radius 3 is 3.00 bits per heavy atom. The van der Waals surface area contributed by atoms with Crippen molar-refractivity contribution in [1.29, 1.82) is 0 Å². The van der Waals surface area contributed by atoms with Gasteiger partial charge in [-0.2, -0.15) is 0 Å². The van der Waals surface area contributed by atoms with Gasteiger partial charge in [0.1, 0.15) is 11.9 Å². The van der Waals surface area contributed by atoms with Gasteiger partial charge in [-0.3, -0.25) is 0 Å². The van der Waals surface area contributed by atoms with Crippen LogP contribution in [0.25, 0.3) is 0 Å². The van der Waals surface area contributed by atoms with Gasteiger partial charge >= 0.3 is 0 Å². The molecule has 0 amide bonds. The highest BCUT2D eigenvalue weighted by atomic mass is 32.2. The van der Waals surface area contributed by atoms with Gasteiger partial charge in [0.25, 0.3) is 0 Å². The Bertz CT molecular complexity index is 145. The summed E-state index contributed by atoms with van der Waals surface area (Å²) in [6.07, 6.45) is 0.199. The smallest absolute Gasteiger partial charge is 0.132 e. The maximum absolute atomic E-state index is 5.45. The lowest BCUT2D eigenvalue weighted by molar-refractivity contribution is 0.0552. The fourth-order valence-electron chi connectivity index (χ4n) is 1.00. The quantitative estimate of drug-likeness (QED) is 0.649. The van der Waals surface area contributed by atoms with E-state index in [9.17, 15) is 0 Å². The molecule has 2 nitrogen and oxygen atoms in total. The maximum Gasteiger partial charge on any atom is 0.132 e. The molecule has 64 valence electrons. The summed E-state index contributed by atoms with van der Waals surface area (Å²) in [5.74, 6) is 2.00. The highest BCUT2D eigenvalue weighted by Crippen LogP contribution is 2.25. The van der Waals surface area contributed by atoms with E-state index in [1.807, 2.05) is 19.3 Å². The Morgan fingerprint density at radius 2 is 2.36 bits per heavy atom. The van der Waals surface area contributed by atoms with Crippen molar-refractivity contribution in [2.75, 3.05) is 19.0 Å². The zero-order chi connectivity index (χ0) is 8.10. The monoisotopic (exact) mass is 174 g/mol. The predicted molar refractivity (Wildman–Crippen MR) is 47.6 cm³/mol. The van der Waals surface area contributed by atoms with Gasteiger partial charge < -0.3 is 9.47 Å². The molecule has 0 fully saturated rings. The van der Waals surface area contributed by atoms with Crippen molar-refractivity contribution in [3.63, 3.8) is 0 Å². The van der Waals surface area contributed by atoms with Gasteiger partial charge in [0.05, 0.1) is 6.61 Å². The van der Waals surface area contributed by atoms with Crippen LogP contribution in [0.3, 0.4) is 0 Å². The van der Waals surface area contributed by atoms with E-state index in [1.165, 1.54) is 0 Å². The molecule has 0 aromatic rings. The Hall–Kier alpha value is -0.150. The molecule has 0 aromatic carbocycles. The van der Waals surface area contributed by atoms with Gasteiger partial charge in [0.2, 0.25) is 0 Å². The lowest BCUT2D eigenvalue weighted by Crippen LogP contribution is -2.16. The molecule has 3 heteroatoms. The normalized spacial score (nSPS) is 23.5. The molecule has 1 aliphatic rings. The minimum atomic E-state index is 0.199.